The van der Waals surface area contributed by atoms with Gasteiger partial charge in [0, 0.05) is 18.1 Å². The van der Waals surface area contributed by atoms with Crippen LogP contribution >= 0.6 is 0 Å². The number of hydrogen-bond donors (Lipinski definition) is 2. The van der Waals surface area contributed by atoms with Gasteiger partial charge in [-0.05, 0) is 6.07 Å². The minimum absolute atomic E-state index is 0.165. The van der Waals surface area contributed by atoms with Gasteiger partial charge >= 0.3 is 5.97 Å². The van der Waals surface area contributed by atoms with E-state index in [1.807, 2.05) is 0 Å². The van der Waals surface area contributed by atoms with Crippen molar-refractivity contribution in [3.05, 3.63) is 17.7 Å². The van der Waals surface area contributed by atoms with Crippen molar-refractivity contribution in [1.29, 1.82) is 0 Å². The molecule has 0 aliphatic carbocycles. The molecule has 6 heteroatoms. The smallest absolute Gasteiger partial charge is 0.320 e. The second-order valence-corrected chi connectivity index (χ2v) is 3.96. The van der Waals surface area contributed by atoms with Crippen LogP contribution in [-0.4, -0.2) is 37.4 Å². The molecular weight excluding hydrogens is 238 g/mol. The summed E-state index contributed by atoms with van der Waals surface area (Å²) in [5.74, 6) is 0.655. The van der Waals surface area contributed by atoms with Crippen LogP contribution in [0.5, 0.6) is 17.2 Å². The third-order valence-electron chi connectivity index (χ3n) is 2.69. The third kappa shape index (κ3) is 2.48. The first-order valence-corrected chi connectivity index (χ1v) is 5.56. The van der Waals surface area contributed by atoms with E-state index in [0.717, 1.165) is 0 Å². The highest BCUT2D eigenvalue weighted by Gasteiger charge is 2.21. The Morgan fingerprint density at radius 1 is 1.50 bits per heavy atom. The second-order valence-electron chi connectivity index (χ2n) is 3.96. The predicted molar refractivity (Wildman–Crippen MR) is 63.3 cm³/mol. The fraction of sp³-hybridized carbons (Fsp3) is 0.417. The summed E-state index contributed by atoms with van der Waals surface area (Å²) in [6, 6.07) is 2.45. The minimum Gasteiger partial charge on any atom is -0.497 e. The summed E-state index contributed by atoms with van der Waals surface area (Å²) in [6.45, 7) is 0.902. The maximum absolute atomic E-state index is 10.8. The van der Waals surface area contributed by atoms with Crippen LogP contribution < -0.4 is 19.9 Å². The Morgan fingerprint density at radius 2 is 2.22 bits per heavy atom. The van der Waals surface area contributed by atoms with Gasteiger partial charge < -0.3 is 25.1 Å². The number of carbonyl (C=O) groups is 1. The molecule has 1 aromatic carbocycles. The topological polar surface area (TPSA) is 91.0 Å². The second kappa shape index (κ2) is 5.14. The third-order valence-corrected chi connectivity index (χ3v) is 2.69. The lowest BCUT2D eigenvalue weighted by Gasteiger charge is -2.22. The normalized spacial score (nSPS) is 15.0. The first-order valence-electron chi connectivity index (χ1n) is 5.56. The molecule has 0 spiro atoms. The lowest BCUT2D eigenvalue weighted by Crippen LogP contribution is -2.32. The van der Waals surface area contributed by atoms with Gasteiger partial charge in [-0.2, -0.15) is 0 Å². The molecule has 1 aliphatic rings. The van der Waals surface area contributed by atoms with Crippen LogP contribution in [0, 0.1) is 0 Å². The van der Waals surface area contributed by atoms with Crippen LogP contribution in [0.3, 0.4) is 0 Å². The number of methoxy groups -OCH3 is 1. The van der Waals surface area contributed by atoms with Gasteiger partial charge in [0.15, 0.2) is 11.5 Å². The van der Waals surface area contributed by atoms with Gasteiger partial charge in [0.25, 0.3) is 0 Å². The molecule has 0 amide bonds. The van der Waals surface area contributed by atoms with Gasteiger partial charge in [0.05, 0.1) is 7.11 Å². The van der Waals surface area contributed by atoms with Gasteiger partial charge in [-0.3, -0.25) is 4.79 Å². The average molecular weight is 253 g/mol. The molecule has 3 N–H and O–H groups in total. The molecule has 0 bridgehead atoms. The molecule has 1 heterocycles. The Balaban J connectivity index is 2.34. The number of nitrogens with two attached hydrogens (primary N) is 1. The number of benzene rings is 1. The highest BCUT2D eigenvalue weighted by Crippen LogP contribution is 2.38. The van der Waals surface area contributed by atoms with E-state index in [4.69, 9.17) is 25.1 Å². The van der Waals surface area contributed by atoms with Crippen molar-refractivity contribution in [1.82, 2.24) is 0 Å². The van der Waals surface area contributed by atoms with Gasteiger partial charge in [0.1, 0.15) is 25.0 Å². The first kappa shape index (κ1) is 12.5. The molecule has 98 valence electrons. The van der Waals surface area contributed by atoms with E-state index >= 15 is 0 Å². The molecule has 2 rings (SSSR count). The Bertz CT molecular complexity index is 460. The standard InChI is InChI=1S/C12H15NO5/c1-16-8-4-7(5-9(13)12(14)15)11-10(6-8)17-2-3-18-11/h4,6,9H,2-3,5,13H2,1H3,(H,14,15). The van der Waals surface area contributed by atoms with Crippen molar-refractivity contribution in [3.63, 3.8) is 0 Å². The summed E-state index contributed by atoms with van der Waals surface area (Å²) in [4.78, 5) is 10.8. The summed E-state index contributed by atoms with van der Waals surface area (Å²) < 4.78 is 16.1. The van der Waals surface area contributed by atoms with Crippen molar-refractivity contribution in [2.45, 2.75) is 12.5 Å². The van der Waals surface area contributed by atoms with Gasteiger partial charge in [-0.25, -0.2) is 0 Å². The van der Waals surface area contributed by atoms with Crippen LogP contribution in [0.4, 0.5) is 0 Å². The molecule has 1 unspecified atom stereocenters. The lowest BCUT2D eigenvalue weighted by molar-refractivity contribution is -0.138. The summed E-state index contributed by atoms with van der Waals surface area (Å²) in [6.07, 6.45) is 0.165. The van der Waals surface area contributed by atoms with Crippen molar-refractivity contribution < 1.29 is 24.1 Å². The largest absolute Gasteiger partial charge is 0.497 e. The predicted octanol–water partition coefficient (Wildman–Crippen LogP) is 0.421. The van der Waals surface area contributed by atoms with Crippen LogP contribution in [0.25, 0.3) is 0 Å². The summed E-state index contributed by atoms with van der Waals surface area (Å²) in [5.41, 5.74) is 6.22. The fourth-order valence-corrected chi connectivity index (χ4v) is 1.79. The zero-order valence-electron chi connectivity index (χ0n) is 10.0. The summed E-state index contributed by atoms with van der Waals surface area (Å²) in [5, 5.41) is 8.85. The quantitative estimate of drug-likeness (QED) is 0.808. The number of fused-ring (bicyclic) bond motifs is 1. The Kier molecular flexibility index (Phi) is 3.57. The fourth-order valence-electron chi connectivity index (χ4n) is 1.79. The summed E-state index contributed by atoms with van der Waals surface area (Å²) in [7, 11) is 1.53. The van der Waals surface area contributed by atoms with Crippen molar-refractivity contribution in [2.75, 3.05) is 20.3 Å². The van der Waals surface area contributed by atoms with E-state index in [9.17, 15) is 4.79 Å². The van der Waals surface area contributed by atoms with Crippen molar-refractivity contribution in [2.24, 2.45) is 5.73 Å². The molecule has 0 saturated carbocycles. The minimum atomic E-state index is -1.05. The molecule has 0 radical (unpaired) electrons. The number of ether oxygens (including phenoxy) is 3. The Morgan fingerprint density at radius 3 is 2.89 bits per heavy atom. The number of hydrogen-bond acceptors (Lipinski definition) is 5. The molecule has 0 saturated heterocycles. The lowest BCUT2D eigenvalue weighted by atomic mass is 10.0. The van der Waals surface area contributed by atoms with Gasteiger partial charge in [-0.15, -0.1) is 0 Å². The van der Waals surface area contributed by atoms with E-state index in [0.29, 0.717) is 36.0 Å². The van der Waals surface area contributed by atoms with Crippen molar-refractivity contribution in [3.8, 4) is 17.2 Å². The van der Waals surface area contributed by atoms with E-state index in [2.05, 4.69) is 0 Å². The maximum atomic E-state index is 10.8. The Hall–Kier alpha value is -1.95. The molecule has 6 nitrogen and oxygen atoms in total. The maximum Gasteiger partial charge on any atom is 0.320 e. The van der Waals surface area contributed by atoms with E-state index in [1.165, 1.54) is 7.11 Å². The highest BCUT2D eigenvalue weighted by atomic mass is 16.6. The van der Waals surface area contributed by atoms with Gasteiger partial charge in [-0.1, -0.05) is 0 Å². The monoisotopic (exact) mass is 253 g/mol. The molecule has 1 aliphatic heterocycles. The Labute approximate surface area is 104 Å². The first-order chi connectivity index (χ1) is 8.61. The molecule has 0 aromatic heterocycles. The molecule has 0 fully saturated rings. The SMILES string of the molecule is COc1cc(CC(N)C(=O)O)c2c(c1)OCCO2. The molecule has 18 heavy (non-hydrogen) atoms. The highest BCUT2D eigenvalue weighted by molar-refractivity contribution is 5.74. The van der Waals surface area contributed by atoms with E-state index in [1.54, 1.807) is 12.1 Å². The molecule has 1 aromatic rings. The number of rotatable bonds is 4. The number of carboxylic acid groups (broad SMARTS) is 1. The van der Waals surface area contributed by atoms with E-state index < -0.39 is 12.0 Å². The zero-order chi connectivity index (χ0) is 13.1. The average Bonchev–Trinajstić information content (AvgIpc) is 2.38. The van der Waals surface area contributed by atoms with Gasteiger partial charge in [0.2, 0.25) is 0 Å². The number of aliphatic carboxylic acids is 1. The van der Waals surface area contributed by atoms with Crippen molar-refractivity contribution >= 4 is 5.97 Å². The van der Waals surface area contributed by atoms with Crippen LogP contribution in [0.15, 0.2) is 12.1 Å². The van der Waals surface area contributed by atoms with Crippen LogP contribution in [0.1, 0.15) is 5.56 Å². The van der Waals surface area contributed by atoms with Crippen LogP contribution in [0.2, 0.25) is 0 Å². The van der Waals surface area contributed by atoms with E-state index in [-0.39, 0.29) is 6.42 Å². The van der Waals surface area contributed by atoms with Crippen LogP contribution in [-0.2, 0) is 11.2 Å². The number of carboxylic acids is 1. The molecule has 1 atom stereocenters. The summed E-state index contributed by atoms with van der Waals surface area (Å²) >= 11 is 0. The zero-order valence-corrected chi connectivity index (χ0v) is 10.0. The molecular formula is C12H15NO5.